The molecule has 0 radical (unpaired) electrons. The van der Waals surface area contributed by atoms with Crippen molar-refractivity contribution in [2.24, 2.45) is 4.99 Å². The van der Waals surface area contributed by atoms with Crippen molar-refractivity contribution >= 4 is 63.3 Å². The molecular weight excluding hydrogens is 457 g/mol. The van der Waals surface area contributed by atoms with Gasteiger partial charge in [-0.15, -0.1) is 0 Å². The third-order valence-corrected chi connectivity index (χ3v) is 6.84. The second kappa shape index (κ2) is 10.5. The standard InChI is InChI=1S/C22H23Cl2N3O3S/c1-13-7-8-15(11-14(13)2)25-22-27(9-10-30-3)21(29)18(31-22)12-19(28)26-17-6-4-5-16(23)20(17)24/h4-8,11,18H,9-10,12H2,1-3H3,(H,26,28). The molecule has 1 aliphatic rings. The topological polar surface area (TPSA) is 71.0 Å². The summed E-state index contributed by atoms with van der Waals surface area (Å²) in [6.07, 6.45) is -0.0121. The van der Waals surface area contributed by atoms with Crippen molar-refractivity contribution in [3.63, 3.8) is 0 Å². The lowest BCUT2D eigenvalue weighted by molar-refractivity contribution is -0.128. The summed E-state index contributed by atoms with van der Waals surface area (Å²) < 4.78 is 5.14. The van der Waals surface area contributed by atoms with Crippen LogP contribution in [0.2, 0.25) is 10.0 Å². The third kappa shape index (κ3) is 5.80. The normalized spacial score (nSPS) is 17.5. The van der Waals surface area contributed by atoms with Gasteiger partial charge >= 0.3 is 0 Å². The Hall–Kier alpha value is -2.06. The van der Waals surface area contributed by atoms with Gasteiger partial charge in [0.15, 0.2) is 5.17 Å². The largest absolute Gasteiger partial charge is 0.383 e. The van der Waals surface area contributed by atoms with E-state index >= 15 is 0 Å². The lowest BCUT2D eigenvalue weighted by Gasteiger charge is -2.16. The molecule has 164 valence electrons. The Morgan fingerprint density at radius 3 is 2.71 bits per heavy atom. The highest BCUT2D eigenvalue weighted by Crippen LogP contribution is 2.33. The van der Waals surface area contributed by atoms with Crippen LogP contribution in [0.15, 0.2) is 41.4 Å². The number of carbonyl (C=O) groups is 2. The molecule has 9 heteroatoms. The van der Waals surface area contributed by atoms with Crippen LogP contribution in [0.25, 0.3) is 0 Å². The van der Waals surface area contributed by atoms with Crippen LogP contribution in [-0.2, 0) is 14.3 Å². The number of anilines is 1. The van der Waals surface area contributed by atoms with Crippen molar-refractivity contribution in [2.45, 2.75) is 25.5 Å². The molecule has 3 rings (SSSR count). The van der Waals surface area contributed by atoms with Crippen LogP contribution in [-0.4, -0.2) is 47.4 Å². The number of hydrogen-bond acceptors (Lipinski definition) is 5. The quantitative estimate of drug-likeness (QED) is 0.590. The maximum atomic E-state index is 13.0. The summed E-state index contributed by atoms with van der Waals surface area (Å²) in [6, 6.07) is 10.9. The molecule has 1 N–H and O–H groups in total. The molecule has 1 fully saturated rings. The predicted molar refractivity (Wildman–Crippen MR) is 128 cm³/mol. The maximum absolute atomic E-state index is 13.0. The maximum Gasteiger partial charge on any atom is 0.242 e. The molecular formula is C22H23Cl2N3O3S. The number of ether oxygens (including phenoxy) is 1. The summed E-state index contributed by atoms with van der Waals surface area (Å²) in [4.78, 5) is 31.8. The van der Waals surface area contributed by atoms with Gasteiger partial charge in [-0.2, -0.15) is 0 Å². The van der Waals surface area contributed by atoms with Crippen LogP contribution < -0.4 is 5.32 Å². The minimum atomic E-state index is -0.583. The molecule has 1 atom stereocenters. The van der Waals surface area contributed by atoms with Gasteiger partial charge in [-0.05, 0) is 49.2 Å². The number of benzene rings is 2. The Bertz CT molecular complexity index is 1030. The number of methoxy groups -OCH3 is 1. The van der Waals surface area contributed by atoms with E-state index in [0.717, 1.165) is 11.3 Å². The van der Waals surface area contributed by atoms with Crippen LogP contribution >= 0.6 is 35.0 Å². The van der Waals surface area contributed by atoms with Gasteiger partial charge in [0.05, 0.1) is 34.6 Å². The number of aryl methyl sites for hydroxylation is 2. The molecule has 2 aromatic carbocycles. The number of thioether (sulfide) groups is 1. The zero-order valence-corrected chi connectivity index (χ0v) is 19.8. The molecule has 0 aromatic heterocycles. The molecule has 6 nitrogen and oxygen atoms in total. The van der Waals surface area contributed by atoms with E-state index in [0.29, 0.717) is 29.0 Å². The smallest absolute Gasteiger partial charge is 0.242 e. The number of nitrogens with one attached hydrogen (secondary N) is 1. The number of carbonyl (C=O) groups excluding carboxylic acids is 2. The molecule has 1 aliphatic heterocycles. The molecule has 0 aliphatic carbocycles. The molecule has 0 saturated carbocycles. The Kier molecular flexibility index (Phi) is 8.00. The van der Waals surface area contributed by atoms with Crippen molar-refractivity contribution < 1.29 is 14.3 Å². The number of nitrogens with zero attached hydrogens (tertiary/aromatic N) is 2. The van der Waals surface area contributed by atoms with Gasteiger partial charge in [0.2, 0.25) is 11.8 Å². The summed E-state index contributed by atoms with van der Waals surface area (Å²) in [5.74, 6) is -0.494. The van der Waals surface area contributed by atoms with Crippen molar-refractivity contribution in [1.82, 2.24) is 4.90 Å². The second-order valence-electron chi connectivity index (χ2n) is 7.11. The van der Waals surface area contributed by atoms with E-state index in [1.165, 1.54) is 17.3 Å². The summed E-state index contributed by atoms with van der Waals surface area (Å²) in [7, 11) is 1.58. The van der Waals surface area contributed by atoms with Crippen LogP contribution in [0.1, 0.15) is 17.5 Å². The summed E-state index contributed by atoms with van der Waals surface area (Å²) in [5.41, 5.74) is 3.46. The van der Waals surface area contributed by atoms with Crippen LogP contribution in [0.5, 0.6) is 0 Å². The van der Waals surface area contributed by atoms with E-state index in [9.17, 15) is 9.59 Å². The Labute approximate surface area is 196 Å². The number of amidine groups is 1. The highest BCUT2D eigenvalue weighted by molar-refractivity contribution is 8.15. The van der Waals surface area contributed by atoms with E-state index < -0.39 is 5.25 Å². The fourth-order valence-electron chi connectivity index (χ4n) is 2.99. The lowest BCUT2D eigenvalue weighted by Crippen LogP contribution is -2.35. The molecule has 0 spiro atoms. The fraction of sp³-hybridized carbons (Fsp3) is 0.318. The van der Waals surface area contributed by atoms with E-state index in [2.05, 4.69) is 10.3 Å². The second-order valence-corrected chi connectivity index (χ2v) is 9.06. The van der Waals surface area contributed by atoms with Crippen molar-refractivity contribution in [3.05, 3.63) is 57.6 Å². The van der Waals surface area contributed by atoms with Crippen LogP contribution in [0.3, 0.4) is 0 Å². The van der Waals surface area contributed by atoms with E-state index in [1.807, 2.05) is 32.0 Å². The first-order valence-electron chi connectivity index (χ1n) is 9.67. The van der Waals surface area contributed by atoms with Crippen molar-refractivity contribution in [3.8, 4) is 0 Å². The molecule has 1 unspecified atom stereocenters. The Morgan fingerprint density at radius 1 is 1.23 bits per heavy atom. The molecule has 31 heavy (non-hydrogen) atoms. The van der Waals surface area contributed by atoms with Gasteiger partial charge < -0.3 is 10.1 Å². The first-order chi connectivity index (χ1) is 14.8. The number of rotatable bonds is 7. The Balaban J connectivity index is 1.77. The zero-order valence-electron chi connectivity index (χ0n) is 17.4. The monoisotopic (exact) mass is 479 g/mol. The van der Waals surface area contributed by atoms with Gasteiger partial charge in [-0.25, -0.2) is 4.99 Å². The van der Waals surface area contributed by atoms with E-state index in [4.69, 9.17) is 27.9 Å². The van der Waals surface area contributed by atoms with E-state index in [-0.39, 0.29) is 23.3 Å². The average Bonchev–Trinajstić information content (AvgIpc) is 3.01. The van der Waals surface area contributed by atoms with Gasteiger partial charge in [-0.1, -0.05) is 47.1 Å². The molecule has 0 bridgehead atoms. The highest BCUT2D eigenvalue weighted by atomic mass is 35.5. The van der Waals surface area contributed by atoms with Crippen LogP contribution in [0, 0.1) is 13.8 Å². The molecule has 2 amide bonds. The van der Waals surface area contributed by atoms with Gasteiger partial charge in [0.1, 0.15) is 5.25 Å². The zero-order chi connectivity index (χ0) is 22.5. The number of aliphatic imine (C=N–C) groups is 1. The van der Waals surface area contributed by atoms with Gasteiger partial charge in [0, 0.05) is 13.5 Å². The first-order valence-corrected chi connectivity index (χ1v) is 11.3. The van der Waals surface area contributed by atoms with Gasteiger partial charge in [0.25, 0.3) is 0 Å². The van der Waals surface area contributed by atoms with Gasteiger partial charge in [-0.3, -0.25) is 14.5 Å². The minimum Gasteiger partial charge on any atom is -0.383 e. The SMILES string of the molecule is COCCN1C(=O)C(CC(=O)Nc2cccc(Cl)c2Cl)SC1=Nc1ccc(C)c(C)c1. The average molecular weight is 480 g/mol. The number of halogens is 2. The van der Waals surface area contributed by atoms with E-state index in [1.54, 1.807) is 30.2 Å². The molecule has 1 saturated heterocycles. The predicted octanol–water partition coefficient (Wildman–Crippen LogP) is 5.22. The van der Waals surface area contributed by atoms with Crippen molar-refractivity contribution in [1.29, 1.82) is 0 Å². The van der Waals surface area contributed by atoms with Crippen molar-refractivity contribution in [2.75, 3.05) is 25.6 Å². The highest BCUT2D eigenvalue weighted by Gasteiger charge is 2.39. The first kappa shape index (κ1) is 23.6. The fourth-order valence-corrected chi connectivity index (χ4v) is 4.52. The number of hydrogen-bond donors (Lipinski definition) is 1. The minimum absolute atomic E-state index is 0.0121. The summed E-state index contributed by atoms with van der Waals surface area (Å²) >= 11 is 13.4. The lowest BCUT2D eigenvalue weighted by atomic mass is 10.1. The Morgan fingerprint density at radius 2 is 2.00 bits per heavy atom. The summed E-state index contributed by atoms with van der Waals surface area (Å²) in [6.45, 7) is 4.79. The van der Waals surface area contributed by atoms with Crippen LogP contribution in [0.4, 0.5) is 11.4 Å². The molecule has 1 heterocycles. The summed E-state index contributed by atoms with van der Waals surface area (Å²) in [5, 5.41) is 3.32. The number of amides is 2. The third-order valence-electron chi connectivity index (χ3n) is 4.85. The molecule has 2 aromatic rings.